The van der Waals surface area contributed by atoms with Gasteiger partial charge in [0.15, 0.2) is 0 Å². The minimum absolute atomic E-state index is 0.620. The van der Waals surface area contributed by atoms with Crippen LogP contribution in [0.4, 0.5) is 0 Å². The van der Waals surface area contributed by atoms with Crippen LogP contribution in [0.5, 0.6) is 0 Å². The maximum Gasteiger partial charge on any atom is 0.211 e. The van der Waals surface area contributed by atoms with Gasteiger partial charge in [0.05, 0.1) is 12.9 Å². The van der Waals surface area contributed by atoms with E-state index in [-0.39, 0.29) is 0 Å². The molecular weight excluding hydrogens is 266 g/mol. The van der Waals surface area contributed by atoms with Crippen LogP contribution in [0.3, 0.4) is 0 Å². The van der Waals surface area contributed by atoms with Gasteiger partial charge in [-0.3, -0.25) is 4.90 Å². The van der Waals surface area contributed by atoms with E-state index >= 15 is 0 Å². The summed E-state index contributed by atoms with van der Waals surface area (Å²) in [6, 6.07) is 0. The molecule has 1 atom stereocenters. The second-order valence-corrected chi connectivity index (χ2v) is 7.42. The standard InChI is InChI=1S/C12H25N3O3S/c1-19(16,17)15-7-5-14(6-8-15)4-3-13-10-12-2-9-18-11-12/h12-13H,2-11H2,1H3. The molecule has 2 aliphatic rings. The van der Waals surface area contributed by atoms with Gasteiger partial charge in [0.2, 0.25) is 10.0 Å². The number of hydrogen-bond acceptors (Lipinski definition) is 5. The molecule has 0 spiro atoms. The Labute approximate surface area is 116 Å². The molecule has 0 amide bonds. The molecule has 2 saturated heterocycles. The van der Waals surface area contributed by atoms with E-state index in [2.05, 4.69) is 10.2 Å². The van der Waals surface area contributed by atoms with Gasteiger partial charge in [-0.2, -0.15) is 4.31 Å². The topological polar surface area (TPSA) is 61.9 Å². The number of ether oxygens (including phenoxy) is 1. The van der Waals surface area contributed by atoms with Gasteiger partial charge in [-0.15, -0.1) is 0 Å². The van der Waals surface area contributed by atoms with Crippen LogP contribution in [0.15, 0.2) is 0 Å². The Morgan fingerprint density at radius 3 is 2.58 bits per heavy atom. The zero-order valence-electron chi connectivity index (χ0n) is 11.7. The first-order chi connectivity index (χ1) is 9.05. The highest BCUT2D eigenvalue weighted by Crippen LogP contribution is 2.10. The third-order valence-electron chi connectivity index (χ3n) is 3.86. The normalized spacial score (nSPS) is 26.9. The van der Waals surface area contributed by atoms with Crippen molar-refractivity contribution in [3.63, 3.8) is 0 Å². The summed E-state index contributed by atoms with van der Waals surface area (Å²) in [6.07, 6.45) is 2.45. The summed E-state index contributed by atoms with van der Waals surface area (Å²) in [7, 11) is -3.01. The number of nitrogens with zero attached hydrogens (tertiary/aromatic N) is 2. The van der Waals surface area contributed by atoms with E-state index in [4.69, 9.17) is 4.74 Å². The summed E-state index contributed by atoms with van der Waals surface area (Å²) in [5.41, 5.74) is 0. The molecule has 1 unspecified atom stereocenters. The Bertz CT molecular complexity index is 360. The van der Waals surface area contributed by atoms with Crippen molar-refractivity contribution in [3.05, 3.63) is 0 Å². The lowest BCUT2D eigenvalue weighted by Gasteiger charge is -2.33. The predicted molar refractivity (Wildman–Crippen MR) is 74.7 cm³/mol. The molecule has 19 heavy (non-hydrogen) atoms. The summed E-state index contributed by atoms with van der Waals surface area (Å²) >= 11 is 0. The van der Waals surface area contributed by atoms with E-state index in [1.165, 1.54) is 12.7 Å². The Balaban J connectivity index is 1.55. The Kier molecular flexibility index (Phi) is 5.58. The summed E-state index contributed by atoms with van der Waals surface area (Å²) in [5, 5.41) is 3.46. The SMILES string of the molecule is CS(=O)(=O)N1CCN(CCNCC2CCOC2)CC1. The second-order valence-electron chi connectivity index (χ2n) is 5.44. The fourth-order valence-corrected chi connectivity index (χ4v) is 3.40. The highest BCUT2D eigenvalue weighted by atomic mass is 32.2. The average Bonchev–Trinajstić information content (AvgIpc) is 2.87. The number of sulfonamides is 1. The minimum Gasteiger partial charge on any atom is -0.381 e. The molecule has 1 N–H and O–H groups in total. The molecule has 0 aliphatic carbocycles. The lowest BCUT2D eigenvalue weighted by molar-refractivity contribution is 0.180. The molecule has 0 bridgehead atoms. The molecule has 2 fully saturated rings. The highest BCUT2D eigenvalue weighted by Gasteiger charge is 2.22. The van der Waals surface area contributed by atoms with Crippen molar-refractivity contribution < 1.29 is 13.2 Å². The van der Waals surface area contributed by atoms with Crippen molar-refractivity contribution in [2.24, 2.45) is 5.92 Å². The van der Waals surface area contributed by atoms with E-state index in [0.717, 1.165) is 45.9 Å². The molecule has 7 heteroatoms. The zero-order chi connectivity index (χ0) is 13.7. The molecule has 0 aromatic carbocycles. The highest BCUT2D eigenvalue weighted by molar-refractivity contribution is 7.88. The Morgan fingerprint density at radius 1 is 1.26 bits per heavy atom. The first kappa shape index (κ1) is 15.2. The zero-order valence-corrected chi connectivity index (χ0v) is 12.5. The fourth-order valence-electron chi connectivity index (χ4n) is 2.57. The lowest BCUT2D eigenvalue weighted by atomic mass is 10.1. The summed E-state index contributed by atoms with van der Waals surface area (Å²) in [6.45, 7) is 7.69. The van der Waals surface area contributed by atoms with Crippen LogP contribution < -0.4 is 5.32 Å². The monoisotopic (exact) mass is 291 g/mol. The summed E-state index contributed by atoms with van der Waals surface area (Å²) in [5.74, 6) is 0.669. The van der Waals surface area contributed by atoms with Crippen molar-refractivity contribution in [2.45, 2.75) is 6.42 Å². The lowest BCUT2D eigenvalue weighted by Crippen LogP contribution is -2.49. The maximum absolute atomic E-state index is 11.4. The van der Waals surface area contributed by atoms with Crippen molar-refractivity contribution >= 4 is 10.0 Å². The average molecular weight is 291 g/mol. The van der Waals surface area contributed by atoms with E-state index < -0.39 is 10.0 Å². The smallest absolute Gasteiger partial charge is 0.211 e. The van der Waals surface area contributed by atoms with Gasteiger partial charge in [-0.25, -0.2) is 8.42 Å². The molecule has 6 nitrogen and oxygen atoms in total. The Morgan fingerprint density at radius 2 is 2.00 bits per heavy atom. The minimum atomic E-state index is -3.01. The van der Waals surface area contributed by atoms with E-state index in [1.54, 1.807) is 4.31 Å². The molecule has 0 aromatic rings. The number of piperazine rings is 1. The van der Waals surface area contributed by atoms with Crippen LogP contribution in [-0.2, 0) is 14.8 Å². The van der Waals surface area contributed by atoms with Gasteiger partial charge in [0, 0.05) is 52.4 Å². The molecule has 0 radical (unpaired) electrons. The third-order valence-corrected chi connectivity index (χ3v) is 5.17. The summed E-state index contributed by atoms with van der Waals surface area (Å²) in [4.78, 5) is 2.32. The molecule has 2 aliphatic heterocycles. The first-order valence-corrected chi connectivity index (χ1v) is 8.86. The van der Waals surface area contributed by atoms with Gasteiger partial charge < -0.3 is 10.1 Å². The summed E-state index contributed by atoms with van der Waals surface area (Å²) < 4.78 is 29.7. The number of hydrogen-bond donors (Lipinski definition) is 1. The third kappa shape index (κ3) is 5.00. The molecule has 112 valence electrons. The van der Waals surface area contributed by atoms with Gasteiger partial charge in [0.1, 0.15) is 0 Å². The first-order valence-electron chi connectivity index (χ1n) is 7.01. The van der Waals surface area contributed by atoms with Gasteiger partial charge in [0.25, 0.3) is 0 Å². The van der Waals surface area contributed by atoms with E-state index in [1.807, 2.05) is 0 Å². The quantitative estimate of drug-likeness (QED) is 0.649. The fraction of sp³-hybridized carbons (Fsp3) is 1.00. The number of rotatable bonds is 6. The predicted octanol–water partition coefficient (Wildman–Crippen LogP) is -0.810. The van der Waals surface area contributed by atoms with Crippen LogP contribution in [0.1, 0.15) is 6.42 Å². The van der Waals surface area contributed by atoms with Crippen LogP contribution in [0.25, 0.3) is 0 Å². The second kappa shape index (κ2) is 6.99. The van der Waals surface area contributed by atoms with Crippen LogP contribution >= 0.6 is 0 Å². The van der Waals surface area contributed by atoms with Crippen LogP contribution in [-0.4, -0.2) is 82.9 Å². The van der Waals surface area contributed by atoms with Crippen molar-refractivity contribution in [1.82, 2.24) is 14.5 Å². The van der Waals surface area contributed by atoms with Gasteiger partial charge in [-0.1, -0.05) is 0 Å². The van der Waals surface area contributed by atoms with Crippen molar-refractivity contribution in [2.75, 3.05) is 65.3 Å². The van der Waals surface area contributed by atoms with Crippen molar-refractivity contribution in [3.8, 4) is 0 Å². The molecule has 0 aromatic heterocycles. The van der Waals surface area contributed by atoms with Gasteiger partial charge in [-0.05, 0) is 12.3 Å². The molecular formula is C12H25N3O3S. The van der Waals surface area contributed by atoms with E-state index in [9.17, 15) is 8.42 Å². The van der Waals surface area contributed by atoms with Crippen molar-refractivity contribution in [1.29, 1.82) is 0 Å². The van der Waals surface area contributed by atoms with E-state index in [0.29, 0.717) is 19.0 Å². The molecule has 2 heterocycles. The Hall–Kier alpha value is -0.210. The van der Waals surface area contributed by atoms with Gasteiger partial charge >= 0.3 is 0 Å². The molecule has 2 rings (SSSR count). The largest absolute Gasteiger partial charge is 0.381 e. The maximum atomic E-state index is 11.4. The molecule has 0 saturated carbocycles. The van der Waals surface area contributed by atoms with Crippen LogP contribution in [0, 0.1) is 5.92 Å². The van der Waals surface area contributed by atoms with Crippen LogP contribution in [0.2, 0.25) is 0 Å². The number of nitrogens with one attached hydrogen (secondary N) is 1.